The van der Waals surface area contributed by atoms with Gasteiger partial charge in [0.25, 0.3) is 5.91 Å². The van der Waals surface area contributed by atoms with Gasteiger partial charge in [-0.3, -0.25) is 19.2 Å². The van der Waals surface area contributed by atoms with Crippen molar-refractivity contribution in [1.29, 1.82) is 0 Å². The number of nitrogens with zero attached hydrogens (tertiary/aromatic N) is 2. The van der Waals surface area contributed by atoms with Gasteiger partial charge in [-0.1, -0.05) is 48.9 Å². The number of piperidine rings is 1. The Bertz CT molecular complexity index is 1420. The quantitative estimate of drug-likeness (QED) is 0.376. The number of anilines is 2. The van der Waals surface area contributed by atoms with Gasteiger partial charge < -0.3 is 20.4 Å². The summed E-state index contributed by atoms with van der Waals surface area (Å²) in [6.07, 6.45) is 4.77. The van der Waals surface area contributed by atoms with Crippen molar-refractivity contribution in [3.05, 3.63) is 95.6 Å². The maximum Gasteiger partial charge on any atom is 0.253 e. The molecule has 218 valence electrons. The first kappa shape index (κ1) is 29.0. The third-order valence-corrected chi connectivity index (χ3v) is 8.14. The molecule has 1 aliphatic carbocycles. The molecular weight excluding hydrogens is 528 g/mol. The number of benzene rings is 3. The Morgan fingerprint density at radius 3 is 2.21 bits per heavy atom. The van der Waals surface area contributed by atoms with E-state index < -0.39 is 0 Å². The summed E-state index contributed by atoms with van der Waals surface area (Å²) < 4.78 is 0. The van der Waals surface area contributed by atoms with E-state index >= 15 is 0 Å². The van der Waals surface area contributed by atoms with Crippen LogP contribution in [0.25, 0.3) is 0 Å². The molecule has 1 atom stereocenters. The molecule has 1 aliphatic heterocycles. The molecule has 1 heterocycles. The second-order valence-electron chi connectivity index (χ2n) is 11.4. The molecule has 2 fully saturated rings. The highest BCUT2D eigenvalue weighted by molar-refractivity contribution is 5.96. The number of rotatable bonds is 9. The smallest absolute Gasteiger partial charge is 0.253 e. The minimum absolute atomic E-state index is 0.0910. The number of hydrogen-bond acceptors (Lipinski definition) is 4. The van der Waals surface area contributed by atoms with Crippen LogP contribution in [0.2, 0.25) is 0 Å². The van der Waals surface area contributed by atoms with E-state index in [0.29, 0.717) is 30.0 Å². The van der Waals surface area contributed by atoms with Crippen molar-refractivity contribution >= 4 is 35.0 Å². The molecule has 8 nitrogen and oxygen atoms in total. The van der Waals surface area contributed by atoms with Crippen LogP contribution < -0.4 is 10.6 Å². The molecule has 1 saturated heterocycles. The van der Waals surface area contributed by atoms with E-state index in [-0.39, 0.29) is 41.9 Å². The first-order chi connectivity index (χ1) is 20.4. The number of likely N-dealkylation sites (tertiary alicyclic amines) is 1. The van der Waals surface area contributed by atoms with E-state index in [9.17, 15) is 19.2 Å². The van der Waals surface area contributed by atoms with Crippen LogP contribution in [0.4, 0.5) is 11.4 Å². The summed E-state index contributed by atoms with van der Waals surface area (Å²) in [6.45, 7) is 1.71. The Kier molecular flexibility index (Phi) is 9.31. The SMILES string of the molecule is CN(Cc1ccccc1)C(=O)c1ccc(NC(=O)Cc2cccc(NC(=O)C3CCCN(C(=O)C4CCC4)C3)c2)cc1. The molecule has 0 bridgehead atoms. The second-order valence-corrected chi connectivity index (χ2v) is 11.4. The van der Waals surface area contributed by atoms with Crippen molar-refractivity contribution in [2.75, 3.05) is 30.8 Å². The second kappa shape index (κ2) is 13.5. The van der Waals surface area contributed by atoms with Gasteiger partial charge in [0.15, 0.2) is 0 Å². The zero-order valence-corrected chi connectivity index (χ0v) is 24.1. The standard InChI is InChI=1S/C34H38N4O4/c1-37(22-24-8-3-2-4-9-24)33(41)27-15-17-29(18-16-27)35-31(39)21-25-10-5-14-30(20-25)36-32(40)28-13-7-19-38(23-28)34(42)26-11-6-12-26/h2-5,8-10,14-18,20,26,28H,6-7,11-13,19,21-23H2,1H3,(H,35,39)(H,36,40). The molecule has 2 N–H and O–H groups in total. The minimum Gasteiger partial charge on any atom is -0.342 e. The van der Waals surface area contributed by atoms with Gasteiger partial charge in [-0.25, -0.2) is 0 Å². The van der Waals surface area contributed by atoms with Gasteiger partial charge in [-0.15, -0.1) is 0 Å². The van der Waals surface area contributed by atoms with Gasteiger partial charge >= 0.3 is 0 Å². The molecule has 5 rings (SSSR count). The average Bonchev–Trinajstić information content (AvgIpc) is 2.97. The van der Waals surface area contributed by atoms with Crippen molar-refractivity contribution in [3.63, 3.8) is 0 Å². The number of hydrogen-bond donors (Lipinski definition) is 2. The molecule has 0 spiro atoms. The van der Waals surface area contributed by atoms with E-state index in [1.165, 1.54) is 0 Å². The Balaban J connectivity index is 1.11. The van der Waals surface area contributed by atoms with Crippen molar-refractivity contribution in [1.82, 2.24) is 9.80 Å². The van der Waals surface area contributed by atoms with Crippen LogP contribution in [-0.4, -0.2) is 53.6 Å². The number of carbonyl (C=O) groups excluding carboxylic acids is 4. The van der Waals surface area contributed by atoms with E-state index in [4.69, 9.17) is 0 Å². The monoisotopic (exact) mass is 566 g/mol. The fourth-order valence-electron chi connectivity index (χ4n) is 5.54. The Labute approximate surface area is 247 Å². The number of amides is 4. The zero-order chi connectivity index (χ0) is 29.5. The third kappa shape index (κ3) is 7.43. The summed E-state index contributed by atoms with van der Waals surface area (Å²) in [7, 11) is 1.77. The summed E-state index contributed by atoms with van der Waals surface area (Å²) in [5, 5.41) is 5.87. The molecule has 4 amide bonds. The molecule has 3 aromatic carbocycles. The molecule has 2 aliphatic rings. The lowest BCUT2D eigenvalue weighted by Crippen LogP contribution is -2.47. The Morgan fingerprint density at radius 2 is 1.50 bits per heavy atom. The predicted molar refractivity (Wildman–Crippen MR) is 163 cm³/mol. The van der Waals surface area contributed by atoms with E-state index in [1.807, 2.05) is 59.5 Å². The number of nitrogens with one attached hydrogen (secondary N) is 2. The first-order valence-corrected chi connectivity index (χ1v) is 14.7. The minimum atomic E-state index is -0.234. The summed E-state index contributed by atoms with van der Waals surface area (Å²) in [6, 6.07) is 24.0. The molecule has 8 heteroatoms. The molecular formula is C34H38N4O4. The van der Waals surface area contributed by atoms with Crippen LogP contribution in [0.15, 0.2) is 78.9 Å². The summed E-state index contributed by atoms with van der Waals surface area (Å²) in [5.74, 6) is -0.280. The lowest BCUT2D eigenvalue weighted by molar-refractivity contribution is -0.141. The highest BCUT2D eigenvalue weighted by atomic mass is 16.2. The van der Waals surface area contributed by atoms with Gasteiger partial charge in [0.2, 0.25) is 17.7 Å². The van der Waals surface area contributed by atoms with E-state index in [0.717, 1.165) is 49.8 Å². The Morgan fingerprint density at radius 1 is 0.786 bits per heavy atom. The average molecular weight is 567 g/mol. The highest BCUT2D eigenvalue weighted by Crippen LogP contribution is 2.30. The van der Waals surface area contributed by atoms with Crippen molar-refractivity contribution in [2.24, 2.45) is 11.8 Å². The zero-order valence-electron chi connectivity index (χ0n) is 24.1. The molecule has 1 saturated carbocycles. The van der Waals surface area contributed by atoms with E-state index in [1.54, 1.807) is 36.2 Å². The van der Waals surface area contributed by atoms with Crippen LogP contribution in [0.3, 0.4) is 0 Å². The summed E-state index contributed by atoms with van der Waals surface area (Å²) >= 11 is 0. The highest BCUT2D eigenvalue weighted by Gasteiger charge is 2.34. The number of carbonyl (C=O) groups is 4. The van der Waals surface area contributed by atoms with Crippen LogP contribution in [0, 0.1) is 11.8 Å². The normalized spacial score (nSPS) is 16.7. The predicted octanol–water partition coefficient (Wildman–Crippen LogP) is 5.12. The Hall–Kier alpha value is -4.46. The van der Waals surface area contributed by atoms with Crippen molar-refractivity contribution < 1.29 is 19.2 Å². The summed E-state index contributed by atoms with van der Waals surface area (Å²) in [5.41, 5.74) is 3.60. The topological polar surface area (TPSA) is 98.8 Å². The molecule has 3 aromatic rings. The maximum atomic E-state index is 13.0. The lowest BCUT2D eigenvalue weighted by Gasteiger charge is -2.36. The van der Waals surface area contributed by atoms with Crippen LogP contribution in [-0.2, 0) is 27.3 Å². The van der Waals surface area contributed by atoms with Gasteiger partial charge in [-0.2, -0.15) is 0 Å². The van der Waals surface area contributed by atoms with Crippen molar-refractivity contribution in [3.8, 4) is 0 Å². The van der Waals surface area contributed by atoms with Gasteiger partial charge in [0, 0.05) is 49.5 Å². The van der Waals surface area contributed by atoms with Crippen LogP contribution in [0.5, 0.6) is 0 Å². The maximum absolute atomic E-state index is 13.0. The third-order valence-electron chi connectivity index (χ3n) is 8.14. The van der Waals surface area contributed by atoms with Crippen LogP contribution in [0.1, 0.15) is 53.6 Å². The van der Waals surface area contributed by atoms with Gasteiger partial charge in [0.1, 0.15) is 0 Å². The first-order valence-electron chi connectivity index (χ1n) is 14.7. The fourth-order valence-corrected chi connectivity index (χ4v) is 5.54. The summed E-state index contributed by atoms with van der Waals surface area (Å²) in [4.78, 5) is 54.8. The lowest BCUT2D eigenvalue weighted by atomic mass is 9.83. The van der Waals surface area contributed by atoms with Gasteiger partial charge in [0.05, 0.1) is 12.3 Å². The van der Waals surface area contributed by atoms with E-state index in [2.05, 4.69) is 10.6 Å². The largest absolute Gasteiger partial charge is 0.342 e. The van der Waals surface area contributed by atoms with Gasteiger partial charge in [-0.05, 0) is 73.2 Å². The molecule has 42 heavy (non-hydrogen) atoms. The molecule has 1 unspecified atom stereocenters. The van der Waals surface area contributed by atoms with Crippen LogP contribution >= 0.6 is 0 Å². The fraction of sp³-hybridized carbons (Fsp3) is 0.353. The van der Waals surface area contributed by atoms with Crippen molar-refractivity contribution in [2.45, 2.75) is 45.1 Å². The molecule has 0 aromatic heterocycles. The molecule has 0 radical (unpaired) electrons.